The number of benzene rings is 1. The Morgan fingerprint density at radius 2 is 2.31 bits per heavy atom. The Morgan fingerprint density at radius 1 is 1.56 bits per heavy atom. The van der Waals surface area contributed by atoms with Gasteiger partial charge in [-0.3, -0.25) is 0 Å². The molecular formula is C13H16ClNO. The summed E-state index contributed by atoms with van der Waals surface area (Å²) in [5, 5.41) is 3.87. The molecule has 1 atom stereocenters. The molecule has 1 unspecified atom stereocenters. The van der Waals surface area contributed by atoms with Gasteiger partial charge in [0.25, 0.3) is 0 Å². The van der Waals surface area contributed by atoms with Crippen molar-refractivity contribution in [1.29, 1.82) is 0 Å². The smallest absolute Gasteiger partial charge is 0.124 e. The molecule has 0 aliphatic rings. The maximum absolute atomic E-state index is 5.96. The van der Waals surface area contributed by atoms with E-state index in [1.807, 2.05) is 25.2 Å². The molecule has 0 aliphatic heterocycles. The first kappa shape index (κ1) is 12.9. The molecule has 3 heteroatoms. The molecule has 86 valence electrons. The van der Waals surface area contributed by atoms with E-state index in [1.54, 1.807) is 0 Å². The zero-order valence-electron chi connectivity index (χ0n) is 9.59. The normalized spacial score (nSPS) is 11.9. The predicted molar refractivity (Wildman–Crippen MR) is 67.9 cm³/mol. The second-order valence-corrected chi connectivity index (χ2v) is 3.93. The summed E-state index contributed by atoms with van der Waals surface area (Å²) in [4.78, 5) is 0. The van der Waals surface area contributed by atoms with Crippen molar-refractivity contribution in [3.8, 4) is 18.1 Å². The van der Waals surface area contributed by atoms with Gasteiger partial charge in [-0.05, 0) is 32.2 Å². The Balaban J connectivity index is 2.85. The highest BCUT2D eigenvalue weighted by atomic mass is 35.5. The average Bonchev–Trinajstić information content (AvgIpc) is 2.30. The van der Waals surface area contributed by atoms with Crippen LogP contribution in [0.25, 0.3) is 0 Å². The molecule has 1 aromatic rings. The van der Waals surface area contributed by atoms with Gasteiger partial charge in [0.2, 0.25) is 0 Å². The fourth-order valence-electron chi connectivity index (χ4n) is 1.36. The van der Waals surface area contributed by atoms with Gasteiger partial charge in [-0.25, -0.2) is 0 Å². The molecule has 1 rings (SSSR count). The maximum atomic E-state index is 5.96. The third-order valence-electron chi connectivity index (χ3n) is 2.38. The maximum Gasteiger partial charge on any atom is 0.124 e. The van der Waals surface area contributed by atoms with Gasteiger partial charge in [0.1, 0.15) is 5.75 Å². The first-order chi connectivity index (χ1) is 7.69. The van der Waals surface area contributed by atoms with Gasteiger partial charge < -0.3 is 10.1 Å². The number of rotatable bonds is 5. The molecule has 1 aromatic carbocycles. The molecule has 1 N–H and O–H groups in total. The summed E-state index contributed by atoms with van der Waals surface area (Å²) in [6, 6.07) is 5.80. The third kappa shape index (κ3) is 3.44. The lowest BCUT2D eigenvalue weighted by Crippen LogP contribution is -2.14. The number of halogens is 1. The van der Waals surface area contributed by atoms with Crippen LogP contribution in [0.3, 0.4) is 0 Å². The van der Waals surface area contributed by atoms with Crippen LogP contribution in [0.1, 0.15) is 24.9 Å². The second kappa shape index (κ2) is 6.42. The molecular weight excluding hydrogens is 222 g/mol. The number of terminal acetylenes is 1. The molecule has 0 amide bonds. The van der Waals surface area contributed by atoms with Crippen molar-refractivity contribution in [3.63, 3.8) is 0 Å². The van der Waals surface area contributed by atoms with Crippen molar-refractivity contribution in [2.45, 2.75) is 19.4 Å². The van der Waals surface area contributed by atoms with Crippen LogP contribution >= 0.6 is 11.6 Å². The summed E-state index contributed by atoms with van der Waals surface area (Å²) >= 11 is 5.96. The highest BCUT2D eigenvalue weighted by molar-refractivity contribution is 6.30. The lowest BCUT2D eigenvalue weighted by molar-refractivity contribution is 0.321. The zero-order valence-corrected chi connectivity index (χ0v) is 10.3. The van der Waals surface area contributed by atoms with Crippen LogP contribution in [-0.4, -0.2) is 13.7 Å². The summed E-state index contributed by atoms with van der Waals surface area (Å²) in [7, 11) is 1.90. The van der Waals surface area contributed by atoms with Gasteiger partial charge in [-0.2, -0.15) is 0 Å². The third-order valence-corrected chi connectivity index (χ3v) is 2.61. The highest BCUT2D eigenvalue weighted by Crippen LogP contribution is 2.28. The van der Waals surface area contributed by atoms with Crippen molar-refractivity contribution in [2.75, 3.05) is 13.7 Å². The van der Waals surface area contributed by atoms with Gasteiger partial charge in [0.15, 0.2) is 0 Å². The van der Waals surface area contributed by atoms with Crippen molar-refractivity contribution < 1.29 is 4.74 Å². The van der Waals surface area contributed by atoms with Crippen molar-refractivity contribution in [3.05, 3.63) is 28.8 Å². The summed E-state index contributed by atoms with van der Waals surface area (Å²) in [6.45, 7) is 2.58. The molecule has 0 heterocycles. The molecule has 2 nitrogen and oxygen atoms in total. The average molecular weight is 238 g/mol. The molecule has 0 bridgehead atoms. The van der Waals surface area contributed by atoms with Crippen LogP contribution < -0.4 is 10.1 Å². The standard InChI is InChI=1S/C13H16ClNO/c1-4-5-8-16-13-7-6-11(14)9-12(13)10(2)15-3/h1,6-7,9-10,15H,5,8H2,2-3H3. The Bertz CT molecular complexity index is 384. The van der Waals surface area contributed by atoms with Crippen molar-refractivity contribution in [2.24, 2.45) is 0 Å². The van der Waals surface area contributed by atoms with Crippen molar-refractivity contribution >= 4 is 11.6 Å². The quantitative estimate of drug-likeness (QED) is 0.628. The van der Waals surface area contributed by atoms with Gasteiger partial charge in [-0.15, -0.1) is 12.3 Å². The Kier molecular flexibility index (Phi) is 5.18. The summed E-state index contributed by atoms with van der Waals surface area (Å²) in [6.07, 6.45) is 5.78. The van der Waals surface area contributed by atoms with E-state index in [1.165, 1.54) is 0 Å². The second-order valence-electron chi connectivity index (χ2n) is 3.50. The number of hydrogen-bond acceptors (Lipinski definition) is 2. The van der Waals surface area contributed by atoms with E-state index in [0.717, 1.165) is 11.3 Å². The van der Waals surface area contributed by atoms with E-state index in [2.05, 4.69) is 18.2 Å². The van der Waals surface area contributed by atoms with Crippen LogP contribution in [0.5, 0.6) is 5.75 Å². The number of nitrogens with one attached hydrogen (secondary N) is 1. The molecule has 0 aromatic heterocycles. The minimum Gasteiger partial charge on any atom is -0.492 e. The SMILES string of the molecule is C#CCCOc1ccc(Cl)cc1C(C)NC. The molecule has 0 saturated heterocycles. The van der Waals surface area contributed by atoms with E-state index >= 15 is 0 Å². The van der Waals surface area contributed by atoms with E-state index in [0.29, 0.717) is 18.1 Å². The summed E-state index contributed by atoms with van der Waals surface area (Å²) in [5.74, 6) is 3.38. The topological polar surface area (TPSA) is 21.3 Å². The van der Waals surface area contributed by atoms with Gasteiger partial charge in [-0.1, -0.05) is 11.6 Å². The monoisotopic (exact) mass is 237 g/mol. The van der Waals surface area contributed by atoms with Gasteiger partial charge in [0.05, 0.1) is 6.61 Å². The molecule has 0 spiro atoms. The lowest BCUT2D eigenvalue weighted by Gasteiger charge is -2.16. The largest absolute Gasteiger partial charge is 0.492 e. The number of hydrogen-bond donors (Lipinski definition) is 1. The Hall–Kier alpha value is -1.17. The highest BCUT2D eigenvalue weighted by Gasteiger charge is 2.10. The van der Waals surface area contributed by atoms with Crippen LogP contribution in [0, 0.1) is 12.3 Å². The minimum atomic E-state index is 0.194. The minimum absolute atomic E-state index is 0.194. The van der Waals surface area contributed by atoms with E-state index in [-0.39, 0.29) is 6.04 Å². The first-order valence-corrected chi connectivity index (χ1v) is 5.59. The molecule has 0 saturated carbocycles. The zero-order chi connectivity index (χ0) is 12.0. The molecule has 0 radical (unpaired) electrons. The lowest BCUT2D eigenvalue weighted by atomic mass is 10.1. The van der Waals surface area contributed by atoms with E-state index in [4.69, 9.17) is 22.8 Å². The van der Waals surface area contributed by atoms with Gasteiger partial charge in [0, 0.05) is 23.0 Å². The van der Waals surface area contributed by atoms with Crippen LogP contribution in [0.15, 0.2) is 18.2 Å². The van der Waals surface area contributed by atoms with Gasteiger partial charge >= 0.3 is 0 Å². The van der Waals surface area contributed by atoms with Crippen molar-refractivity contribution in [1.82, 2.24) is 5.32 Å². The first-order valence-electron chi connectivity index (χ1n) is 5.22. The van der Waals surface area contributed by atoms with E-state index < -0.39 is 0 Å². The molecule has 0 aliphatic carbocycles. The fraction of sp³-hybridized carbons (Fsp3) is 0.385. The van der Waals surface area contributed by atoms with Crippen LogP contribution in [0.4, 0.5) is 0 Å². The Morgan fingerprint density at radius 3 is 2.94 bits per heavy atom. The van der Waals surface area contributed by atoms with Crippen LogP contribution in [0.2, 0.25) is 5.02 Å². The Labute approximate surface area is 102 Å². The number of ether oxygens (including phenoxy) is 1. The molecule has 0 fully saturated rings. The van der Waals surface area contributed by atoms with E-state index in [9.17, 15) is 0 Å². The fourth-order valence-corrected chi connectivity index (χ4v) is 1.55. The summed E-state index contributed by atoms with van der Waals surface area (Å²) in [5.41, 5.74) is 1.05. The predicted octanol–water partition coefficient (Wildman–Crippen LogP) is 3.02. The van der Waals surface area contributed by atoms with Crippen LogP contribution in [-0.2, 0) is 0 Å². The molecule has 16 heavy (non-hydrogen) atoms. The summed E-state index contributed by atoms with van der Waals surface area (Å²) < 4.78 is 5.61.